The van der Waals surface area contributed by atoms with Crippen molar-refractivity contribution < 1.29 is 14.3 Å². The maximum absolute atomic E-state index is 10.9. The first kappa shape index (κ1) is 11.9. The molecule has 0 fully saturated rings. The van der Waals surface area contributed by atoms with Crippen LogP contribution in [0.4, 0.5) is 0 Å². The van der Waals surface area contributed by atoms with Crippen molar-refractivity contribution in [3.05, 3.63) is 0 Å². The third-order valence-corrected chi connectivity index (χ3v) is 1.60. The molecule has 1 amide bonds. The summed E-state index contributed by atoms with van der Waals surface area (Å²) in [5.74, 6) is -0.803. The smallest absolute Gasteiger partial charge is 0.309 e. The third kappa shape index (κ3) is 6.10. The Bertz CT molecular complexity index is 182. The molecule has 5 nitrogen and oxygen atoms in total. The van der Waals surface area contributed by atoms with E-state index in [2.05, 4.69) is 10.1 Å². The topological polar surface area (TPSA) is 81.4 Å². The normalized spacial score (nSPS) is 12.2. The Morgan fingerprint density at radius 1 is 1.54 bits per heavy atom. The van der Waals surface area contributed by atoms with Crippen LogP contribution in [0.2, 0.25) is 0 Å². The van der Waals surface area contributed by atoms with Crippen LogP contribution in [0.15, 0.2) is 0 Å². The average Bonchev–Trinajstić information content (AvgIpc) is 2.10. The Kier molecular flexibility index (Phi) is 5.88. The number of hydrogen-bond acceptors (Lipinski definition) is 4. The van der Waals surface area contributed by atoms with Crippen molar-refractivity contribution in [2.45, 2.75) is 13.3 Å². The summed E-state index contributed by atoms with van der Waals surface area (Å²) in [5.41, 5.74) is 4.92. The van der Waals surface area contributed by atoms with Crippen LogP contribution in [-0.4, -0.2) is 32.1 Å². The van der Waals surface area contributed by atoms with Gasteiger partial charge >= 0.3 is 5.97 Å². The fourth-order valence-corrected chi connectivity index (χ4v) is 0.815. The van der Waals surface area contributed by atoms with E-state index in [9.17, 15) is 9.59 Å². The molecule has 5 heteroatoms. The van der Waals surface area contributed by atoms with Gasteiger partial charge < -0.3 is 15.8 Å². The molecule has 0 bridgehead atoms. The van der Waals surface area contributed by atoms with Crippen molar-refractivity contribution in [3.63, 3.8) is 0 Å². The molecule has 0 aliphatic carbocycles. The van der Waals surface area contributed by atoms with Crippen LogP contribution >= 0.6 is 0 Å². The first-order chi connectivity index (χ1) is 6.07. The number of carbonyl (C=O) groups excluding carboxylic acids is 2. The zero-order valence-electron chi connectivity index (χ0n) is 8.00. The Morgan fingerprint density at radius 2 is 2.15 bits per heavy atom. The highest BCUT2D eigenvalue weighted by molar-refractivity contribution is 5.74. The third-order valence-electron chi connectivity index (χ3n) is 1.60. The average molecular weight is 188 g/mol. The number of rotatable bonds is 6. The van der Waals surface area contributed by atoms with E-state index in [1.807, 2.05) is 0 Å². The lowest BCUT2D eigenvalue weighted by molar-refractivity contribution is -0.144. The van der Waals surface area contributed by atoms with Gasteiger partial charge in [0.05, 0.1) is 13.0 Å². The molecule has 0 aromatic carbocycles. The molecule has 0 aliphatic heterocycles. The fraction of sp³-hybridized carbons (Fsp3) is 0.750. The number of nitrogens with two attached hydrogens (primary N) is 1. The van der Waals surface area contributed by atoms with Crippen LogP contribution in [0.5, 0.6) is 0 Å². The SMILES string of the molecule is COC(=O)C(C)CNCCC(N)=O. The molecular formula is C8H16N2O3. The minimum atomic E-state index is -0.349. The number of carbonyl (C=O) groups is 2. The van der Waals surface area contributed by atoms with Gasteiger partial charge in [-0.3, -0.25) is 9.59 Å². The molecule has 0 aromatic rings. The highest BCUT2D eigenvalue weighted by atomic mass is 16.5. The molecular weight excluding hydrogens is 172 g/mol. The summed E-state index contributed by atoms with van der Waals surface area (Å²) in [4.78, 5) is 21.2. The number of ether oxygens (including phenoxy) is 1. The van der Waals surface area contributed by atoms with Gasteiger partial charge in [0.15, 0.2) is 0 Å². The van der Waals surface area contributed by atoms with E-state index in [1.165, 1.54) is 7.11 Å². The van der Waals surface area contributed by atoms with E-state index >= 15 is 0 Å². The summed E-state index contributed by atoms with van der Waals surface area (Å²) in [6.45, 7) is 2.75. The van der Waals surface area contributed by atoms with E-state index in [-0.39, 0.29) is 24.2 Å². The first-order valence-electron chi connectivity index (χ1n) is 4.14. The molecule has 3 N–H and O–H groups in total. The molecule has 0 rings (SSSR count). The maximum atomic E-state index is 10.9. The van der Waals surface area contributed by atoms with Crippen molar-refractivity contribution >= 4 is 11.9 Å². The Hall–Kier alpha value is -1.10. The van der Waals surface area contributed by atoms with Crippen molar-refractivity contribution in [3.8, 4) is 0 Å². The van der Waals surface area contributed by atoms with Crippen LogP contribution in [0.3, 0.4) is 0 Å². The summed E-state index contributed by atoms with van der Waals surface area (Å²) in [6, 6.07) is 0. The largest absolute Gasteiger partial charge is 0.469 e. The lowest BCUT2D eigenvalue weighted by atomic mass is 10.2. The zero-order chi connectivity index (χ0) is 10.3. The van der Waals surface area contributed by atoms with Crippen molar-refractivity contribution in [2.24, 2.45) is 11.7 Å². The molecule has 13 heavy (non-hydrogen) atoms. The van der Waals surface area contributed by atoms with E-state index in [4.69, 9.17) is 5.73 Å². The number of esters is 1. The fourth-order valence-electron chi connectivity index (χ4n) is 0.815. The van der Waals surface area contributed by atoms with Gasteiger partial charge in [0.2, 0.25) is 5.91 Å². The van der Waals surface area contributed by atoms with Gasteiger partial charge in [-0.05, 0) is 0 Å². The summed E-state index contributed by atoms with van der Waals surface area (Å²) < 4.78 is 4.52. The Balaban J connectivity index is 3.42. The van der Waals surface area contributed by atoms with Crippen LogP contribution in [0.25, 0.3) is 0 Å². The van der Waals surface area contributed by atoms with Gasteiger partial charge in [-0.15, -0.1) is 0 Å². The second kappa shape index (κ2) is 6.42. The second-order valence-corrected chi connectivity index (χ2v) is 2.84. The number of primary amides is 1. The molecule has 0 saturated heterocycles. The molecule has 0 heterocycles. The predicted octanol–water partition coefficient (Wildman–Crippen LogP) is -0.739. The number of amides is 1. The minimum Gasteiger partial charge on any atom is -0.469 e. The number of nitrogens with one attached hydrogen (secondary N) is 1. The maximum Gasteiger partial charge on any atom is 0.309 e. The van der Waals surface area contributed by atoms with E-state index in [0.717, 1.165) is 0 Å². The standard InChI is InChI=1S/C8H16N2O3/c1-6(8(12)13-2)5-10-4-3-7(9)11/h6,10H,3-5H2,1-2H3,(H2,9,11). The van der Waals surface area contributed by atoms with Gasteiger partial charge in [-0.25, -0.2) is 0 Å². The molecule has 1 unspecified atom stereocenters. The molecule has 1 atom stereocenters. The quantitative estimate of drug-likeness (QED) is 0.425. The lowest BCUT2D eigenvalue weighted by Gasteiger charge is -2.09. The Labute approximate surface area is 77.6 Å². The summed E-state index contributed by atoms with van der Waals surface area (Å²) in [7, 11) is 1.35. The van der Waals surface area contributed by atoms with Crippen LogP contribution in [-0.2, 0) is 14.3 Å². The van der Waals surface area contributed by atoms with Crippen LogP contribution < -0.4 is 11.1 Å². The minimum absolute atomic E-state index is 0.196. The van der Waals surface area contributed by atoms with Crippen LogP contribution in [0, 0.1) is 5.92 Å². The molecule has 0 aromatic heterocycles. The Morgan fingerprint density at radius 3 is 2.62 bits per heavy atom. The number of methoxy groups -OCH3 is 1. The molecule has 76 valence electrons. The highest BCUT2D eigenvalue weighted by Gasteiger charge is 2.11. The number of hydrogen-bond donors (Lipinski definition) is 2. The molecule has 0 saturated carbocycles. The van der Waals surface area contributed by atoms with Gasteiger partial charge in [0.1, 0.15) is 0 Å². The molecule has 0 aliphatic rings. The highest BCUT2D eigenvalue weighted by Crippen LogP contribution is 1.94. The lowest BCUT2D eigenvalue weighted by Crippen LogP contribution is -2.29. The molecule has 0 radical (unpaired) electrons. The second-order valence-electron chi connectivity index (χ2n) is 2.84. The predicted molar refractivity (Wildman–Crippen MR) is 47.9 cm³/mol. The first-order valence-corrected chi connectivity index (χ1v) is 4.14. The summed E-state index contributed by atoms with van der Waals surface area (Å²) >= 11 is 0. The van der Waals surface area contributed by atoms with Gasteiger partial charge in [-0.2, -0.15) is 0 Å². The van der Waals surface area contributed by atoms with Gasteiger partial charge in [0.25, 0.3) is 0 Å². The van der Waals surface area contributed by atoms with Gasteiger partial charge in [0, 0.05) is 19.5 Å². The van der Waals surface area contributed by atoms with Crippen molar-refractivity contribution in [1.29, 1.82) is 0 Å². The monoisotopic (exact) mass is 188 g/mol. The van der Waals surface area contributed by atoms with Crippen LogP contribution in [0.1, 0.15) is 13.3 Å². The molecule has 0 spiro atoms. The summed E-state index contributed by atoms with van der Waals surface area (Å²) in [5, 5.41) is 2.93. The van der Waals surface area contributed by atoms with Crippen molar-refractivity contribution in [2.75, 3.05) is 20.2 Å². The van der Waals surface area contributed by atoms with Crippen molar-refractivity contribution in [1.82, 2.24) is 5.32 Å². The summed E-state index contributed by atoms with van der Waals surface area (Å²) in [6.07, 6.45) is 0.286. The van der Waals surface area contributed by atoms with E-state index in [1.54, 1.807) is 6.92 Å². The zero-order valence-corrected chi connectivity index (χ0v) is 8.00. The van der Waals surface area contributed by atoms with E-state index < -0.39 is 0 Å². The van der Waals surface area contributed by atoms with E-state index in [0.29, 0.717) is 13.1 Å². The van der Waals surface area contributed by atoms with Gasteiger partial charge in [-0.1, -0.05) is 6.92 Å².